The topological polar surface area (TPSA) is 113 Å². The first-order valence-corrected chi connectivity index (χ1v) is 12.9. The van der Waals surface area contributed by atoms with Gasteiger partial charge in [0, 0.05) is 24.3 Å². The lowest BCUT2D eigenvalue weighted by Gasteiger charge is -2.26. The highest BCUT2D eigenvalue weighted by molar-refractivity contribution is 7.92. The summed E-state index contributed by atoms with van der Waals surface area (Å²) in [6.45, 7) is 2.71. The van der Waals surface area contributed by atoms with Crippen LogP contribution in [0.2, 0.25) is 0 Å². The standard InChI is InChI=1S/C20H25N3O5S2/c1-15-9-10-17(14-19(15)22-29(2,25)26)21-20(24)16-7-6-8-18(13-16)30(27,28)23-11-4-3-5-12-23/h6-10,13-14,22H,3-5,11-12H2,1-2H3,(H,21,24). The van der Waals surface area contributed by atoms with Gasteiger partial charge in [0.25, 0.3) is 5.91 Å². The Morgan fingerprint density at radius 3 is 2.33 bits per heavy atom. The number of benzene rings is 2. The monoisotopic (exact) mass is 451 g/mol. The molecule has 1 fully saturated rings. The Kier molecular flexibility index (Phi) is 6.49. The lowest BCUT2D eigenvalue weighted by Crippen LogP contribution is -2.35. The summed E-state index contributed by atoms with van der Waals surface area (Å²) in [4.78, 5) is 12.8. The van der Waals surface area contributed by atoms with E-state index in [4.69, 9.17) is 0 Å². The molecule has 0 aromatic heterocycles. The minimum absolute atomic E-state index is 0.0837. The molecule has 10 heteroatoms. The zero-order valence-corrected chi connectivity index (χ0v) is 18.5. The maximum Gasteiger partial charge on any atom is 0.255 e. The molecule has 0 aliphatic carbocycles. The van der Waals surface area contributed by atoms with E-state index in [1.807, 2.05) is 0 Å². The predicted octanol–water partition coefficient (Wildman–Crippen LogP) is 2.79. The van der Waals surface area contributed by atoms with Crippen LogP contribution in [0.3, 0.4) is 0 Å². The molecule has 0 atom stereocenters. The maximum absolute atomic E-state index is 12.9. The highest BCUT2D eigenvalue weighted by Gasteiger charge is 2.26. The number of piperidine rings is 1. The van der Waals surface area contributed by atoms with Gasteiger partial charge in [0.2, 0.25) is 20.0 Å². The number of hydrogen-bond donors (Lipinski definition) is 2. The lowest BCUT2D eigenvalue weighted by atomic mass is 10.1. The number of sulfonamides is 2. The molecule has 2 N–H and O–H groups in total. The van der Waals surface area contributed by atoms with Gasteiger partial charge in [0.15, 0.2) is 0 Å². The summed E-state index contributed by atoms with van der Waals surface area (Å²) in [5.74, 6) is -0.486. The van der Waals surface area contributed by atoms with Gasteiger partial charge in [0.1, 0.15) is 0 Å². The normalized spacial score (nSPS) is 15.5. The summed E-state index contributed by atoms with van der Waals surface area (Å²) in [6.07, 6.45) is 3.72. The number of carbonyl (C=O) groups is 1. The van der Waals surface area contributed by atoms with Crippen molar-refractivity contribution < 1.29 is 21.6 Å². The zero-order valence-electron chi connectivity index (χ0n) is 16.9. The summed E-state index contributed by atoms with van der Waals surface area (Å²) in [5, 5.41) is 2.69. The average molecular weight is 452 g/mol. The SMILES string of the molecule is Cc1ccc(NC(=O)c2cccc(S(=O)(=O)N3CCCCC3)c2)cc1NS(C)(=O)=O. The highest BCUT2D eigenvalue weighted by atomic mass is 32.2. The van der Waals surface area contributed by atoms with E-state index >= 15 is 0 Å². The zero-order chi connectivity index (χ0) is 21.9. The largest absolute Gasteiger partial charge is 0.322 e. The third-order valence-electron chi connectivity index (χ3n) is 4.84. The minimum atomic E-state index is -3.65. The number of nitrogens with zero attached hydrogens (tertiary/aromatic N) is 1. The third kappa shape index (κ3) is 5.38. The molecule has 0 saturated carbocycles. The van der Waals surface area contributed by atoms with Gasteiger partial charge in [-0.2, -0.15) is 4.31 Å². The van der Waals surface area contributed by atoms with Crippen LogP contribution in [-0.2, 0) is 20.0 Å². The number of nitrogens with one attached hydrogen (secondary N) is 2. The van der Waals surface area contributed by atoms with E-state index in [-0.39, 0.29) is 10.5 Å². The van der Waals surface area contributed by atoms with Crippen molar-refractivity contribution in [2.45, 2.75) is 31.1 Å². The van der Waals surface area contributed by atoms with Crippen molar-refractivity contribution in [1.29, 1.82) is 0 Å². The number of aryl methyl sites for hydroxylation is 1. The van der Waals surface area contributed by atoms with Gasteiger partial charge in [0.05, 0.1) is 16.8 Å². The average Bonchev–Trinajstić information content (AvgIpc) is 2.70. The maximum atomic E-state index is 12.9. The van der Waals surface area contributed by atoms with Crippen LogP contribution in [0.4, 0.5) is 11.4 Å². The van der Waals surface area contributed by atoms with Gasteiger partial charge in [-0.1, -0.05) is 18.6 Å². The molecule has 1 saturated heterocycles. The van der Waals surface area contributed by atoms with E-state index in [2.05, 4.69) is 10.0 Å². The van der Waals surface area contributed by atoms with Crippen LogP contribution in [0.5, 0.6) is 0 Å². The van der Waals surface area contributed by atoms with Crippen LogP contribution in [0.25, 0.3) is 0 Å². The second kappa shape index (κ2) is 8.75. The lowest BCUT2D eigenvalue weighted by molar-refractivity contribution is 0.102. The molecule has 30 heavy (non-hydrogen) atoms. The molecule has 0 unspecified atom stereocenters. The summed E-state index contributed by atoms with van der Waals surface area (Å²) in [6, 6.07) is 10.8. The van der Waals surface area contributed by atoms with Crippen LogP contribution in [0.1, 0.15) is 35.2 Å². The first-order valence-electron chi connectivity index (χ1n) is 9.56. The second-order valence-electron chi connectivity index (χ2n) is 7.35. The fourth-order valence-electron chi connectivity index (χ4n) is 3.26. The number of hydrogen-bond acceptors (Lipinski definition) is 5. The molecule has 8 nitrogen and oxygen atoms in total. The first-order chi connectivity index (χ1) is 14.1. The van der Waals surface area contributed by atoms with Crippen LogP contribution < -0.4 is 10.0 Å². The number of rotatable bonds is 6. The molecule has 0 radical (unpaired) electrons. The second-order valence-corrected chi connectivity index (χ2v) is 11.0. The molecule has 1 amide bonds. The number of amides is 1. The first kappa shape index (κ1) is 22.3. The molecule has 1 aliphatic heterocycles. The van der Waals surface area contributed by atoms with Crippen molar-refractivity contribution in [2.75, 3.05) is 29.4 Å². The van der Waals surface area contributed by atoms with E-state index in [0.717, 1.165) is 25.5 Å². The molecule has 2 aromatic carbocycles. The van der Waals surface area contributed by atoms with Gasteiger partial charge >= 0.3 is 0 Å². The van der Waals surface area contributed by atoms with Crippen molar-refractivity contribution in [3.63, 3.8) is 0 Å². The Labute approximate surface area is 177 Å². The van der Waals surface area contributed by atoms with Crippen molar-refractivity contribution >= 4 is 37.3 Å². The minimum Gasteiger partial charge on any atom is -0.322 e. The van der Waals surface area contributed by atoms with Crippen molar-refractivity contribution in [2.24, 2.45) is 0 Å². The van der Waals surface area contributed by atoms with E-state index in [1.54, 1.807) is 19.1 Å². The van der Waals surface area contributed by atoms with Crippen LogP contribution in [-0.4, -0.2) is 46.4 Å². The Morgan fingerprint density at radius 1 is 0.967 bits per heavy atom. The number of anilines is 2. The van der Waals surface area contributed by atoms with Crippen LogP contribution >= 0.6 is 0 Å². The van der Waals surface area contributed by atoms with E-state index < -0.39 is 26.0 Å². The smallest absolute Gasteiger partial charge is 0.255 e. The fraction of sp³-hybridized carbons (Fsp3) is 0.350. The molecular weight excluding hydrogens is 426 g/mol. The van der Waals surface area contributed by atoms with E-state index in [1.165, 1.54) is 34.6 Å². The predicted molar refractivity (Wildman–Crippen MR) is 117 cm³/mol. The van der Waals surface area contributed by atoms with Gasteiger partial charge in [-0.3, -0.25) is 9.52 Å². The molecule has 1 heterocycles. The molecule has 0 bridgehead atoms. The van der Waals surface area contributed by atoms with Gasteiger partial charge in [-0.15, -0.1) is 0 Å². The van der Waals surface area contributed by atoms with E-state index in [9.17, 15) is 21.6 Å². The van der Waals surface area contributed by atoms with Crippen LogP contribution in [0, 0.1) is 6.92 Å². The summed E-state index contributed by atoms with van der Waals surface area (Å²) in [7, 11) is -7.11. The summed E-state index contributed by atoms with van der Waals surface area (Å²) < 4.78 is 52.6. The van der Waals surface area contributed by atoms with Gasteiger partial charge in [-0.25, -0.2) is 16.8 Å². The van der Waals surface area contributed by atoms with Crippen molar-refractivity contribution in [1.82, 2.24) is 4.31 Å². The molecule has 2 aromatic rings. The summed E-state index contributed by atoms with van der Waals surface area (Å²) in [5.41, 5.74) is 1.65. The van der Waals surface area contributed by atoms with Crippen LogP contribution in [0.15, 0.2) is 47.4 Å². The quantitative estimate of drug-likeness (QED) is 0.701. The molecule has 1 aliphatic rings. The molecule has 162 valence electrons. The van der Waals surface area contributed by atoms with E-state index in [0.29, 0.717) is 30.0 Å². The number of carbonyl (C=O) groups excluding carboxylic acids is 1. The van der Waals surface area contributed by atoms with Gasteiger partial charge in [-0.05, 0) is 55.7 Å². The molecular formula is C20H25N3O5S2. The molecule has 3 rings (SSSR count). The Balaban J connectivity index is 1.81. The third-order valence-corrected chi connectivity index (χ3v) is 7.33. The van der Waals surface area contributed by atoms with Gasteiger partial charge < -0.3 is 5.32 Å². The fourth-order valence-corrected chi connectivity index (χ4v) is 5.45. The Bertz CT molecular complexity index is 1150. The highest BCUT2D eigenvalue weighted by Crippen LogP contribution is 2.24. The Hall–Kier alpha value is -2.43. The Morgan fingerprint density at radius 2 is 1.67 bits per heavy atom. The van der Waals surface area contributed by atoms with Crippen molar-refractivity contribution in [3.8, 4) is 0 Å². The van der Waals surface area contributed by atoms with Crippen molar-refractivity contribution in [3.05, 3.63) is 53.6 Å². The summed E-state index contributed by atoms with van der Waals surface area (Å²) >= 11 is 0. The molecule has 0 spiro atoms.